The Morgan fingerprint density at radius 1 is 1.15 bits per heavy atom. The van der Waals surface area contributed by atoms with Crippen LogP contribution in [0, 0.1) is 0 Å². The molecule has 0 aliphatic heterocycles. The zero-order valence-corrected chi connectivity index (χ0v) is 16.5. The first-order chi connectivity index (χ1) is 12.4. The van der Waals surface area contributed by atoms with E-state index in [1.54, 1.807) is 29.7 Å². The van der Waals surface area contributed by atoms with Crippen molar-refractivity contribution >= 4 is 17.6 Å². The van der Waals surface area contributed by atoms with E-state index < -0.39 is 0 Å². The fourth-order valence-electron chi connectivity index (χ4n) is 3.14. The number of phenolic OH excluding ortho intramolecular Hbond substituents is 2. The van der Waals surface area contributed by atoms with Crippen molar-refractivity contribution in [3.05, 3.63) is 39.6 Å². The molecule has 2 N–H and O–H groups in total. The quantitative estimate of drug-likeness (QED) is 0.619. The van der Waals surface area contributed by atoms with Crippen LogP contribution in [-0.2, 0) is 5.41 Å². The minimum Gasteiger partial charge on any atom is -0.504 e. The number of aromatic hydroxyl groups is 2. The number of rotatable bonds is 3. The average Bonchev–Trinajstić information content (AvgIpc) is 3.00. The van der Waals surface area contributed by atoms with Gasteiger partial charge in [0.25, 0.3) is 0 Å². The molecule has 1 saturated carbocycles. The van der Waals surface area contributed by atoms with Crippen LogP contribution >= 0.6 is 11.3 Å². The third kappa shape index (κ3) is 4.18. The Morgan fingerprint density at radius 2 is 1.88 bits per heavy atom. The molecule has 1 heterocycles. The standard InChI is InChI=1S/C20H27N3O2S/c1-20(2,3)17-13-26-19(22-15-9-5-4-6-10-15)23(17)21-12-14-8-7-11-16(24)18(14)25/h7-8,11-13,15,24-25H,4-6,9-10H2,1-3H3/b21-12+,22-19?. The van der Waals surface area contributed by atoms with Gasteiger partial charge in [0.1, 0.15) is 0 Å². The minimum absolute atomic E-state index is 0.0744. The molecule has 0 saturated heterocycles. The summed E-state index contributed by atoms with van der Waals surface area (Å²) < 4.78 is 1.88. The van der Waals surface area contributed by atoms with E-state index in [0.717, 1.165) is 23.3 Å². The van der Waals surface area contributed by atoms with Crippen molar-refractivity contribution in [3.63, 3.8) is 0 Å². The van der Waals surface area contributed by atoms with Crippen molar-refractivity contribution in [1.82, 2.24) is 4.68 Å². The third-order valence-electron chi connectivity index (χ3n) is 4.68. The smallest absolute Gasteiger partial charge is 0.206 e. The molecule has 140 valence electrons. The van der Waals surface area contributed by atoms with Crippen molar-refractivity contribution < 1.29 is 10.2 Å². The van der Waals surface area contributed by atoms with Crippen LogP contribution in [0.5, 0.6) is 11.5 Å². The van der Waals surface area contributed by atoms with Crippen LogP contribution in [0.2, 0.25) is 0 Å². The molecule has 2 aromatic rings. The predicted octanol–water partition coefficient (Wildman–Crippen LogP) is 4.37. The van der Waals surface area contributed by atoms with E-state index in [0.29, 0.717) is 11.6 Å². The monoisotopic (exact) mass is 373 g/mol. The summed E-state index contributed by atoms with van der Waals surface area (Å²) in [4.78, 5) is 5.85. The number of hydrogen-bond donors (Lipinski definition) is 2. The molecular formula is C20H27N3O2S. The number of nitrogens with zero attached hydrogens (tertiary/aromatic N) is 3. The first kappa shape index (κ1) is 18.7. The molecular weight excluding hydrogens is 346 g/mol. The van der Waals surface area contributed by atoms with Crippen LogP contribution in [0.25, 0.3) is 0 Å². The van der Waals surface area contributed by atoms with Crippen LogP contribution in [0.1, 0.15) is 64.1 Å². The van der Waals surface area contributed by atoms with E-state index in [2.05, 4.69) is 31.3 Å². The summed E-state index contributed by atoms with van der Waals surface area (Å²) in [5, 5.41) is 26.4. The van der Waals surface area contributed by atoms with Gasteiger partial charge in [0.15, 0.2) is 11.5 Å². The van der Waals surface area contributed by atoms with E-state index in [4.69, 9.17) is 4.99 Å². The molecule has 0 radical (unpaired) electrons. The van der Waals surface area contributed by atoms with Gasteiger partial charge in [-0.15, -0.1) is 11.3 Å². The second-order valence-corrected chi connectivity index (χ2v) is 8.68. The molecule has 5 nitrogen and oxygen atoms in total. The average molecular weight is 374 g/mol. The Morgan fingerprint density at radius 3 is 2.58 bits per heavy atom. The summed E-state index contributed by atoms with van der Waals surface area (Å²) in [6.45, 7) is 6.45. The molecule has 6 heteroatoms. The third-order valence-corrected chi connectivity index (χ3v) is 5.51. The van der Waals surface area contributed by atoms with E-state index in [1.165, 1.54) is 25.3 Å². The Bertz CT molecular complexity index is 853. The molecule has 0 spiro atoms. The highest BCUT2D eigenvalue weighted by Crippen LogP contribution is 2.27. The lowest BCUT2D eigenvalue weighted by atomic mass is 9.93. The lowest BCUT2D eigenvalue weighted by Gasteiger charge is -2.19. The summed E-state index contributed by atoms with van der Waals surface area (Å²) >= 11 is 1.61. The van der Waals surface area contributed by atoms with Crippen molar-refractivity contribution in [2.24, 2.45) is 10.1 Å². The summed E-state index contributed by atoms with van der Waals surface area (Å²) in [5.41, 5.74) is 1.48. The van der Waals surface area contributed by atoms with Crippen LogP contribution in [0.15, 0.2) is 33.7 Å². The van der Waals surface area contributed by atoms with Crippen molar-refractivity contribution in [3.8, 4) is 11.5 Å². The van der Waals surface area contributed by atoms with Gasteiger partial charge in [-0.3, -0.25) is 4.99 Å². The number of benzene rings is 1. The van der Waals surface area contributed by atoms with Gasteiger partial charge in [-0.25, -0.2) is 4.68 Å². The van der Waals surface area contributed by atoms with E-state index >= 15 is 0 Å². The maximum atomic E-state index is 10.0. The maximum Gasteiger partial charge on any atom is 0.206 e. The van der Waals surface area contributed by atoms with Crippen LogP contribution < -0.4 is 4.80 Å². The Kier molecular flexibility index (Phi) is 5.51. The Balaban J connectivity index is 2.03. The second kappa shape index (κ2) is 7.66. The summed E-state index contributed by atoms with van der Waals surface area (Å²) in [6.07, 6.45) is 7.65. The molecule has 0 amide bonds. The van der Waals surface area contributed by atoms with Gasteiger partial charge in [0.2, 0.25) is 4.80 Å². The van der Waals surface area contributed by atoms with Gasteiger partial charge in [-0.1, -0.05) is 46.1 Å². The molecule has 0 bridgehead atoms. The highest BCUT2D eigenvalue weighted by atomic mass is 32.1. The van der Waals surface area contributed by atoms with Crippen molar-refractivity contribution in [1.29, 1.82) is 0 Å². The Hall–Kier alpha value is -2.08. The molecule has 0 unspecified atom stereocenters. The van der Waals surface area contributed by atoms with Crippen LogP contribution in [0.4, 0.5) is 0 Å². The minimum atomic E-state index is -0.157. The fraction of sp³-hybridized carbons (Fsp3) is 0.500. The highest BCUT2D eigenvalue weighted by Gasteiger charge is 2.21. The number of para-hydroxylation sites is 1. The van der Waals surface area contributed by atoms with Gasteiger partial charge >= 0.3 is 0 Å². The van der Waals surface area contributed by atoms with E-state index in [-0.39, 0.29) is 16.9 Å². The first-order valence-corrected chi connectivity index (χ1v) is 10.0. The van der Waals surface area contributed by atoms with Gasteiger partial charge in [0, 0.05) is 16.4 Å². The lowest BCUT2D eigenvalue weighted by Crippen LogP contribution is -2.24. The molecule has 1 fully saturated rings. The number of aromatic nitrogens is 1. The van der Waals surface area contributed by atoms with Crippen LogP contribution in [-0.4, -0.2) is 27.1 Å². The fourth-order valence-corrected chi connectivity index (χ4v) is 4.27. The molecule has 0 atom stereocenters. The summed E-state index contributed by atoms with van der Waals surface area (Å²) in [6, 6.07) is 5.23. The summed E-state index contributed by atoms with van der Waals surface area (Å²) in [7, 11) is 0. The molecule has 1 aliphatic carbocycles. The lowest BCUT2D eigenvalue weighted by molar-refractivity contribution is 0.403. The second-order valence-electron chi connectivity index (χ2n) is 7.85. The molecule has 1 aliphatic rings. The SMILES string of the molecule is CC(C)(C)c1csc(=NC2CCCCC2)n1/N=C/c1cccc(O)c1O. The van der Waals surface area contributed by atoms with Gasteiger partial charge < -0.3 is 10.2 Å². The van der Waals surface area contributed by atoms with Crippen LogP contribution in [0.3, 0.4) is 0 Å². The van der Waals surface area contributed by atoms with Crippen molar-refractivity contribution in [2.75, 3.05) is 0 Å². The topological polar surface area (TPSA) is 70.1 Å². The largest absolute Gasteiger partial charge is 0.504 e. The molecule has 1 aromatic carbocycles. The molecule has 1 aromatic heterocycles. The number of thiazole rings is 1. The van der Waals surface area contributed by atoms with Gasteiger partial charge in [0.05, 0.1) is 18.0 Å². The van der Waals surface area contributed by atoms with E-state index in [9.17, 15) is 10.2 Å². The first-order valence-electron chi connectivity index (χ1n) is 9.16. The maximum absolute atomic E-state index is 10.0. The number of hydrogen-bond acceptors (Lipinski definition) is 5. The number of phenols is 2. The Labute approximate surface area is 158 Å². The van der Waals surface area contributed by atoms with Gasteiger partial charge in [-0.05, 0) is 25.0 Å². The van der Waals surface area contributed by atoms with Crippen molar-refractivity contribution in [2.45, 2.75) is 64.3 Å². The van der Waals surface area contributed by atoms with Gasteiger partial charge in [-0.2, -0.15) is 5.10 Å². The molecule has 26 heavy (non-hydrogen) atoms. The van der Waals surface area contributed by atoms with E-state index in [1.807, 2.05) is 4.68 Å². The predicted molar refractivity (Wildman–Crippen MR) is 106 cm³/mol. The zero-order chi connectivity index (χ0) is 18.7. The molecule has 3 rings (SSSR count). The normalized spacial score (nSPS) is 17.3. The zero-order valence-electron chi connectivity index (χ0n) is 15.6. The summed E-state index contributed by atoms with van der Waals surface area (Å²) in [5.74, 6) is -0.303. The highest BCUT2D eigenvalue weighted by molar-refractivity contribution is 7.07.